The Hall–Kier alpha value is -2.50. The zero-order valence-electron chi connectivity index (χ0n) is 10.1. The summed E-state index contributed by atoms with van der Waals surface area (Å²) in [5, 5.41) is 5.09. The van der Waals surface area contributed by atoms with Crippen LogP contribution < -0.4 is 10.6 Å². The van der Waals surface area contributed by atoms with Crippen LogP contribution in [-0.4, -0.2) is 10.9 Å². The Bertz CT molecular complexity index is 579. The highest BCUT2D eigenvalue weighted by atomic mass is 19.1. The number of hydrogen-bond donors (Lipinski definition) is 2. The average Bonchev–Trinajstić information content (AvgIpc) is 2.35. The molecule has 1 aromatic heterocycles. The van der Waals surface area contributed by atoms with Gasteiger partial charge in [-0.15, -0.1) is 0 Å². The van der Waals surface area contributed by atoms with Gasteiger partial charge in [0.1, 0.15) is 23.1 Å². The van der Waals surface area contributed by atoms with Crippen molar-refractivity contribution in [2.24, 2.45) is 0 Å². The van der Waals surface area contributed by atoms with Gasteiger partial charge in [0.2, 0.25) is 5.91 Å². The first kappa shape index (κ1) is 12.9. The Balaban J connectivity index is 2.18. The Morgan fingerprint density at radius 3 is 2.37 bits per heavy atom. The number of pyridine rings is 1. The molecule has 0 aliphatic rings. The third-order valence-electron chi connectivity index (χ3n) is 2.30. The molecule has 0 saturated carbocycles. The maximum atomic E-state index is 13.4. The average molecular weight is 263 g/mol. The number of para-hydroxylation sites is 1. The number of halogens is 2. The van der Waals surface area contributed by atoms with Crippen molar-refractivity contribution < 1.29 is 13.6 Å². The van der Waals surface area contributed by atoms with Crippen LogP contribution in [0.25, 0.3) is 0 Å². The molecule has 0 bridgehead atoms. The van der Waals surface area contributed by atoms with Crippen molar-refractivity contribution in [2.45, 2.75) is 6.92 Å². The van der Waals surface area contributed by atoms with E-state index in [0.717, 1.165) is 12.1 Å². The summed E-state index contributed by atoms with van der Waals surface area (Å²) in [5.41, 5.74) is 0.245. The van der Waals surface area contributed by atoms with E-state index in [1.807, 2.05) is 0 Å². The minimum absolute atomic E-state index is 0.220. The molecule has 0 spiro atoms. The van der Waals surface area contributed by atoms with E-state index in [1.165, 1.54) is 25.3 Å². The van der Waals surface area contributed by atoms with Crippen molar-refractivity contribution in [3.8, 4) is 0 Å². The lowest BCUT2D eigenvalue weighted by Gasteiger charge is -2.08. The second-order valence-corrected chi connectivity index (χ2v) is 3.83. The van der Waals surface area contributed by atoms with Crippen LogP contribution in [0.5, 0.6) is 0 Å². The Morgan fingerprint density at radius 1 is 1.16 bits per heavy atom. The molecule has 0 radical (unpaired) electrons. The molecule has 2 N–H and O–H groups in total. The Morgan fingerprint density at radius 2 is 1.84 bits per heavy atom. The Labute approximate surface area is 108 Å². The van der Waals surface area contributed by atoms with Crippen LogP contribution in [0.1, 0.15) is 6.92 Å². The molecule has 0 unspecified atom stereocenters. The summed E-state index contributed by atoms with van der Waals surface area (Å²) in [5.74, 6) is -1.35. The van der Waals surface area contributed by atoms with E-state index in [4.69, 9.17) is 0 Å². The minimum Gasteiger partial charge on any atom is -0.335 e. The van der Waals surface area contributed by atoms with Crippen LogP contribution in [0.4, 0.5) is 26.0 Å². The lowest BCUT2D eigenvalue weighted by atomic mass is 10.3. The fourth-order valence-electron chi connectivity index (χ4n) is 1.49. The highest BCUT2D eigenvalue weighted by Crippen LogP contribution is 2.22. The van der Waals surface area contributed by atoms with Crippen molar-refractivity contribution in [1.82, 2.24) is 4.98 Å². The first-order valence-corrected chi connectivity index (χ1v) is 5.51. The van der Waals surface area contributed by atoms with E-state index in [9.17, 15) is 13.6 Å². The molecular formula is C13H11F2N3O. The molecule has 1 aromatic carbocycles. The van der Waals surface area contributed by atoms with Gasteiger partial charge in [0.25, 0.3) is 0 Å². The van der Waals surface area contributed by atoms with Crippen LogP contribution in [0.2, 0.25) is 0 Å². The molecule has 19 heavy (non-hydrogen) atoms. The van der Waals surface area contributed by atoms with Crippen molar-refractivity contribution in [3.05, 3.63) is 48.2 Å². The molecule has 0 atom stereocenters. The summed E-state index contributed by atoms with van der Waals surface area (Å²) in [6.07, 6.45) is 1.39. The number of anilines is 3. The van der Waals surface area contributed by atoms with Gasteiger partial charge in [-0.1, -0.05) is 6.07 Å². The van der Waals surface area contributed by atoms with Crippen molar-refractivity contribution in [1.29, 1.82) is 0 Å². The summed E-state index contributed by atoms with van der Waals surface area (Å²) in [7, 11) is 0. The summed E-state index contributed by atoms with van der Waals surface area (Å²) < 4.78 is 26.8. The first-order chi connectivity index (χ1) is 9.06. The van der Waals surface area contributed by atoms with Crippen LogP contribution in [-0.2, 0) is 4.79 Å². The van der Waals surface area contributed by atoms with Gasteiger partial charge in [-0.05, 0) is 24.3 Å². The molecular weight excluding hydrogens is 252 g/mol. The summed E-state index contributed by atoms with van der Waals surface area (Å²) in [6.45, 7) is 1.38. The molecule has 2 rings (SSSR count). The molecule has 1 amide bonds. The standard InChI is InChI=1S/C13H11F2N3O/c1-8(19)17-9-5-6-12(16-7-9)18-13-10(14)3-2-4-11(13)15/h2-7H,1H3,(H,16,18)(H,17,19). The SMILES string of the molecule is CC(=O)Nc1ccc(Nc2c(F)cccc2F)nc1. The highest BCUT2D eigenvalue weighted by Gasteiger charge is 2.08. The summed E-state index contributed by atoms with van der Waals surface area (Å²) in [4.78, 5) is 14.8. The lowest BCUT2D eigenvalue weighted by Crippen LogP contribution is -2.06. The maximum Gasteiger partial charge on any atom is 0.221 e. The van der Waals surface area contributed by atoms with E-state index in [0.29, 0.717) is 5.69 Å². The topological polar surface area (TPSA) is 54.0 Å². The number of rotatable bonds is 3. The predicted molar refractivity (Wildman–Crippen MR) is 68.2 cm³/mol. The normalized spacial score (nSPS) is 10.1. The molecule has 0 fully saturated rings. The van der Waals surface area contributed by atoms with Crippen molar-refractivity contribution in [3.63, 3.8) is 0 Å². The molecule has 6 heteroatoms. The fourth-order valence-corrected chi connectivity index (χ4v) is 1.49. The second-order valence-electron chi connectivity index (χ2n) is 3.83. The van der Waals surface area contributed by atoms with E-state index >= 15 is 0 Å². The maximum absolute atomic E-state index is 13.4. The number of benzene rings is 1. The predicted octanol–water partition coefficient (Wildman–Crippen LogP) is 3.06. The number of carbonyl (C=O) groups is 1. The van der Waals surface area contributed by atoms with Gasteiger partial charge in [-0.2, -0.15) is 0 Å². The van der Waals surface area contributed by atoms with E-state index in [1.54, 1.807) is 6.07 Å². The van der Waals surface area contributed by atoms with Crippen LogP contribution in [0, 0.1) is 11.6 Å². The van der Waals surface area contributed by atoms with Gasteiger partial charge >= 0.3 is 0 Å². The highest BCUT2D eigenvalue weighted by molar-refractivity contribution is 5.88. The zero-order valence-corrected chi connectivity index (χ0v) is 10.1. The smallest absolute Gasteiger partial charge is 0.221 e. The second kappa shape index (κ2) is 5.43. The van der Waals surface area contributed by atoms with Crippen LogP contribution in [0.15, 0.2) is 36.5 Å². The number of amides is 1. The minimum atomic E-state index is -0.701. The molecule has 0 saturated heterocycles. The Kier molecular flexibility index (Phi) is 3.70. The monoisotopic (exact) mass is 263 g/mol. The van der Waals surface area contributed by atoms with E-state index < -0.39 is 11.6 Å². The van der Waals surface area contributed by atoms with Gasteiger partial charge < -0.3 is 10.6 Å². The molecule has 98 valence electrons. The zero-order chi connectivity index (χ0) is 13.8. The number of aromatic nitrogens is 1. The van der Waals surface area contributed by atoms with Crippen molar-refractivity contribution >= 4 is 23.1 Å². The summed E-state index contributed by atoms with van der Waals surface area (Å²) in [6, 6.07) is 6.67. The fraction of sp³-hybridized carbons (Fsp3) is 0.0769. The molecule has 1 heterocycles. The van der Waals surface area contributed by atoms with E-state index in [2.05, 4.69) is 15.6 Å². The lowest BCUT2D eigenvalue weighted by molar-refractivity contribution is -0.114. The number of nitrogens with zero attached hydrogens (tertiary/aromatic N) is 1. The van der Waals surface area contributed by atoms with Gasteiger partial charge in [0.15, 0.2) is 0 Å². The first-order valence-electron chi connectivity index (χ1n) is 5.51. The third-order valence-corrected chi connectivity index (χ3v) is 2.30. The van der Waals surface area contributed by atoms with Gasteiger partial charge in [0, 0.05) is 6.92 Å². The van der Waals surface area contributed by atoms with E-state index in [-0.39, 0.29) is 17.4 Å². The molecule has 4 nitrogen and oxygen atoms in total. The van der Waals surface area contributed by atoms with Crippen LogP contribution in [0.3, 0.4) is 0 Å². The summed E-state index contributed by atoms with van der Waals surface area (Å²) >= 11 is 0. The van der Waals surface area contributed by atoms with Gasteiger partial charge in [-0.25, -0.2) is 13.8 Å². The largest absolute Gasteiger partial charge is 0.335 e. The molecule has 0 aliphatic heterocycles. The third kappa shape index (κ3) is 3.25. The number of nitrogens with one attached hydrogen (secondary N) is 2. The molecule has 0 aliphatic carbocycles. The van der Waals surface area contributed by atoms with Gasteiger partial charge in [-0.3, -0.25) is 4.79 Å². The molecule has 2 aromatic rings. The van der Waals surface area contributed by atoms with Crippen molar-refractivity contribution in [2.75, 3.05) is 10.6 Å². The number of hydrogen-bond acceptors (Lipinski definition) is 3. The van der Waals surface area contributed by atoms with Gasteiger partial charge in [0.05, 0.1) is 11.9 Å². The van der Waals surface area contributed by atoms with Crippen LogP contribution >= 0.6 is 0 Å². The number of carbonyl (C=O) groups excluding carboxylic acids is 1. The quantitative estimate of drug-likeness (QED) is 0.894.